The van der Waals surface area contributed by atoms with Crippen LogP contribution < -0.4 is 5.32 Å². The monoisotopic (exact) mass is 340 g/mol. The van der Waals surface area contributed by atoms with E-state index in [4.69, 9.17) is 0 Å². The number of hydrogen-bond acceptors (Lipinski definition) is 2. The lowest BCUT2D eigenvalue weighted by Crippen LogP contribution is -2.22. The first-order valence-electron chi connectivity index (χ1n) is 7.11. The van der Waals surface area contributed by atoms with E-state index in [-0.39, 0.29) is 6.04 Å². The van der Waals surface area contributed by atoms with Crippen molar-refractivity contribution in [3.63, 3.8) is 0 Å². The fourth-order valence-electron chi connectivity index (χ4n) is 2.70. The van der Waals surface area contributed by atoms with Crippen LogP contribution in [0, 0.1) is 0 Å². The van der Waals surface area contributed by atoms with E-state index >= 15 is 0 Å². The first-order valence-corrected chi connectivity index (χ1v) is 7.90. The van der Waals surface area contributed by atoms with Gasteiger partial charge in [-0.2, -0.15) is 0 Å². The highest BCUT2D eigenvalue weighted by molar-refractivity contribution is 9.10. The molecule has 0 aliphatic rings. The van der Waals surface area contributed by atoms with Gasteiger partial charge in [-0.25, -0.2) is 0 Å². The summed E-state index contributed by atoms with van der Waals surface area (Å²) in [5.41, 5.74) is 2.55. The SMILES string of the molecule is CCNC(c1cccc(Br)c1)c1cccc2cnccc12. The number of hydrogen-bond donors (Lipinski definition) is 1. The number of aromatic nitrogens is 1. The van der Waals surface area contributed by atoms with Crippen LogP contribution in [0.15, 0.2) is 65.4 Å². The summed E-state index contributed by atoms with van der Waals surface area (Å²) >= 11 is 3.57. The van der Waals surface area contributed by atoms with E-state index in [2.05, 4.69) is 81.7 Å². The molecule has 1 N–H and O–H groups in total. The average molecular weight is 341 g/mol. The Morgan fingerprint density at radius 2 is 2.00 bits per heavy atom. The average Bonchev–Trinajstić information content (AvgIpc) is 2.52. The molecule has 1 unspecified atom stereocenters. The van der Waals surface area contributed by atoms with Crippen LogP contribution in [0.4, 0.5) is 0 Å². The van der Waals surface area contributed by atoms with Crippen molar-refractivity contribution in [2.24, 2.45) is 0 Å². The Morgan fingerprint density at radius 1 is 1.14 bits per heavy atom. The van der Waals surface area contributed by atoms with Gasteiger partial charge in [-0.05, 0) is 41.3 Å². The highest BCUT2D eigenvalue weighted by atomic mass is 79.9. The smallest absolute Gasteiger partial charge is 0.0583 e. The van der Waals surface area contributed by atoms with Gasteiger partial charge < -0.3 is 5.32 Å². The summed E-state index contributed by atoms with van der Waals surface area (Å²) in [6.45, 7) is 3.05. The predicted molar refractivity (Wildman–Crippen MR) is 91.4 cm³/mol. The van der Waals surface area contributed by atoms with E-state index in [1.807, 2.05) is 12.4 Å². The molecule has 2 nitrogen and oxygen atoms in total. The molecule has 0 aliphatic heterocycles. The molecule has 0 fully saturated rings. The highest BCUT2D eigenvalue weighted by Crippen LogP contribution is 2.29. The number of nitrogens with one attached hydrogen (secondary N) is 1. The second kappa shape index (κ2) is 6.37. The van der Waals surface area contributed by atoms with Crippen molar-refractivity contribution in [1.82, 2.24) is 10.3 Å². The Bertz CT molecular complexity index is 750. The molecule has 3 heteroatoms. The molecule has 1 aromatic heterocycles. The molecule has 0 aliphatic carbocycles. The third kappa shape index (κ3) is 2.99. The van der Waals surface area contributed by atoms with Crippen molar-refractivity contribution in [1.29, 1.82) is 0 Å². The van der Waals surface area contributed by atoms with Gasteiger partial charge in [-0.15, -0.1) is 0 Å². The summed E-state index contributed by atoms with van der Waals surface area (Å²) < 4.78 is 1.10. The molecule has 0 saturated heterocycles. The molecule has 2 aromatic carbocycles. The predicted octanol–water partition coefficient (Wildman–Crippen LogP) is 4.70. The van der Waals surface area contributed by atoms with Crippen molar-refractivity contribution >= 4 is 26.7 Å². The molecule has 106 valence electrons. The van der Waals surface area contributed by atoms with Gasteiger partial charge in [-0.3, -0.25) is 4.98 Å². The quantitative estimate of drug-likeness (QED) is 0.744. The second-order valence-electron chi connectivity index (χ2n) is 4.99. The molecule has 0 bridgehead atoms. The van der Waals surface area contributed by atoms with Gasteiger partial charge in [0.2, 0.25) is 0 Å². The zero-order valence-corrected chi connectivity index (χ0v) is 13.5. The molecule has 0 saturated carbocycles. The van der Waals surface area contributed by atoms with Crippen LogP contribution in [-0.2, 0) is 0 Å². The van der Waals surface area contributed by atoms with Crippen molar-refractivity contribution in [3.05, 3.63) is 76.5 Å². The lowest BCUT2D eigenvalue weighted by molar-refractivity contribution is 0.634. The van der Waals surface area contributed by atoms with Crippen molar-refractivity contribution in [2.75, 3.05) is 6.54 Å². The Labute approximate surface area is 133 Å². The number of fused-ring (bicyclic) bond motifs is 1. The van der Waals surface area contributed by atoms with E-state index in [1.165, 1.54) is 21.9 Å². The molecule has 0 spiro atoms. The minimum atomic E-state index is 0.179. The van der Waals surface area contributed by atoms with Crippen LogP contribution in [-0.4, -0.2) is 11.5 Å². The minimum Gasteiger partial charge on any atom is -0.307 e. The molecular weight excluding hydrogens is 324 g/mol. The summed E-state index contributed by atoms with van der Waals surface area (Å²) in [6.07, 6.45) is 3.78. The second-order valence-corrected chi connectivity index (χ2v) is 5.91. The van der Waals surface area contributed by atoms with E-state index < -0.39 is 0 Å². The van der Waals surface area contributed by atoms with Gasteiger partial charge in [0.25, 0.3) is 0 Å². The first kappa shape index (κ1) is 14.2. The largest absolute Gasteiger partial charge is 0.307 e. The molecular formula is C18H17BrN2. The summed E-state index contributed by atoms with van der Waals surface area (Å²) in [5.74, 6) is 0. The number of pyridine rings is 1. The van der Waals surface area contributed by atoms with Crippen molar-refractivity contribution < 1.29 is 0 Å². The van der Waals surface area contributed by atoms with E-state index in [9.17, 15) is 0 Å². The lowest BCUT2D eigenvalue weighted by atomic mass is 9.94. The van der Waals surface area contributed by atoms with Gasteiger partial charge in [-0.1, -0.05) is 53.2 Å². The first-order chi connectivity index (χ1) is 10.3. The zero-order chi connectivity index (χ0) is 14.7. The number of nitrogens with zero attached hydrogens (tertiary/aromatic N) is 1. The van der Waals surface area contributed by atoms with E-state index in [0.29, 0.717) is 0 Å². The fraction of sp³-hybridized carbons (Fsp3) is 0.167. The van der Waals surface area contributed by atoms with Gasteiger partial charge in [0, 0.05) is 22.3 Å². The van der Waals surface area contributed by atoms with Crippen molar-refractivity contribution in [2.45, 2.75) is 13.0 Å². The highest BCUT2D eigenvalue weighted by Gasteiger charge is 2.15. The van der Waals surface area contributed by atoms with Crippen LogP contribution in [0.25, 0.3) is 10.8 Å². The third-order valence-electron chi connectivity index (χ3n) is 3.62. The van der Waals surface area contributed by atoms with Gasteiger partial charge in [0.15, 0.2) is 0 Å². The van der Waals surface area contributed by atoms with Gasteiger partial charge >= 0.3 is 0 Å². The van der Waals surface area contributed by atoms with Gasteiger partial charge in [0.05, 0.1) is 6.04 Å². The molecule has 0 radical (unpaired) electrons. The van der Waals surface area contributed by atoms with Crippen LogP contribution in [0.2, 0.25) is 0 Å². The molecule has 1 heterocycles. The maximum atomic E-state index is 4.22. The Kier molecular flexibility index (Phi) is 4.32. The maximum absolute atomic E-state index is 4.22. The van der Waals surface area contributed by atoms with Gasteiger partial charge in [0.1, 0.15) is 0 Å². The third-order valence-corrected chi connectivity index (χ3v) is 4.11. The standard InChI is InChI=1S/C18H17BrN2/c1-2-21-18(13-5-3-7-15(19)11-13)17-8-4-6-14-12-20-10-9-16(14)17/h3-12,18,21H,2H2,1H3. The van der Waals surface area contributed by atoms with Crippen LogP contribution in [0.1, 0.15) is 24.1 Å². The number of rotatable bonds is 4. The van der Waals surface area contributed by atoms with Crippen LogP contribution in [0.3, 0.4) is 0 Å². The summed E-state index contributed by atoms with van der Waals surface area (Å²) in [5, 5.41) is 6.02. The molecule has 21 heavy (non-hydrogen) atoms. The maximum Gasteiger partial charge on any atom is 0.0583 e. The number of benzene rings is 2. The summed E-state index contributed by atoms with van der Waals surface area (Å²) in [7, 11) is 0. The lowest BCUT2D eigenvalue weighted by Gasteiger charge is -2.21. The van der Waals surface area contributed by atoms with Crippen LogP contribution >= 0.6 is 15.9 Å². The van der Waals surface area contributed by atoms with Crippen molar-refractivity contribution in [3.8, 4) is 0 Å². The molecule has 1 atom stereocenters. The normalized spacial score (nSPS) is 12.5. The number of halogens is 1. The van der Waals surface area contributed by atoms with E-state index in [0.717, 1.165) is 11.0 Å². The Balaban J connectivity index is 2.16. The van der Waals surface area contributed by atoms with E-state index in [1.54, 1.807) is 0 Å². The summed E-state index contributed by atoms with van der Waals surface area (Å²) in [6, 6.07) is 17.1. The molecule has 3 rings (SSSR count). The van der Waals surface area contributed by atoms with Crippen LogP contribution in [0.5, 0.6) is 0 Å². The minimum absolute atomic E-state index is 0.179. The fourth-order valence-corrected chi connectivity index (χ4v) is 3.11. The summed E-state index contributed by atoms with van der Waals surface area (Å²) in [4.78, 5) is 4.22. The Morgan fingerprint density at radius 3 is 2.81 bits per heavy atom. The molecule has 3 aromatic rings. The topological polar surface area (TPSA) is 24.9 Å². The Hall–Kier alpha value is -1.71. The molecule has 0 amide bonds. The zero-order valence-electron chi connectivity index (χ0n) is 11.9.